The van der Waals surface area contributed by atoms with Gasteiger partial charge in [-0.25, -0.2) is 15.0 Å². The Morgan fingerprint density at radius 3 is 1.75 bits per heavy atom. The lowest BCUT2D eigenvalue weighted by atomic mass is 10.0. The van der Waals surface area contributed by atoms with Gasteiger partial charge >= 0.3 is 0 Å². The van der Waals surface area contributed by atoms with E-state index in [2.05, 4.69) is 174 Å². The smallest absolute Gasteiger partial charge is 0.167 e. The summed E-state index contributed by atoms with van der Waals surface area (Å²) >= 11 is 0. The van der Waals surface area contributed by atoms with Crippen LogP contribution in [0, 0.1) is 0 Å². The van der Waals surface area contributed by atoms with Crippen LogP contribution in [0.15, 0.2) is 203 Å². The summed E-state index contributed by atoms with van der Waals surface area (Å²) < 4.78 is 16.0. The first-order valence-electron chi connectivity index (χ1n) is 21.2. The van der Waals surface area contributed by atoms with E-state index in [-0.39, 0.29) is 0 Å². The molecule has 292 valence electrons. The van der Waals surface area contributed by atoms with Gasteiger partial charge in [0, 0.05) is 54.9 Å². The van der Waals surface area contributed by atoms with Crippen molar-refractivity contribution in [1.29, 1.82) is 0 Å². The Morgan fingerprint density at radius 2 is 0.905 bits per heavy atom. The van der Waals surface area contributed by atoms with E-state index < -0.39 is 0 Å². The second-order valence-electron chi connectivity index (χ2n) is 16.3. The lowest BCUT2D eigenvalue weighted by Crippen LogP contribution is -2.02. The highest BCUT2D eigenvalue weighted by Gasteiger charge is 2.24. The molecule has 0 fully saturated rings. The van der Waals surface area contributed by atoms with Gasteiger partial charge in [-0.15, -0.1) is 0 Å². The molecule has 0 aliphatic rings. The summed E-state index contributed by atoms with van der Waals surface area (Å²) in [7, 11) is 0. The van der Waals surface area contributed by atoms with Crippen LogP contribution in [0.5, 0.6) is 0 Å². The molecule has 0 unspecified atom stereocenters. The van der Waals surface area contributed by atoms with Gasteiger partial charge in [0.05, 0.1) is 22.3 Å². The van der Waals surface area contributed by atoms with E-state index >= 15 is 0 Å². The minimum Gasteiger partial charge on any atom is -0.455 e. The molecule has 0 atom stereocenters. The van der Waals surface area contributed by atoms with Gasteiger partial charge in [-0.05, 0) is 69.4 Å². The highest BCUT2D eigenvalue weighted by atomic mass is 16.3. The van der Waals surface area contributed by atoms with Crippen molar-refractivity contribution in [2.45, 2.75) is 0 Å². The number of hydrogen-bond donors (Lipinski definition) is 0. The predicted molar refractivity (Wildman–Crippen MR) is 258 cm³/mol. The second-order valence-corrected chi connectivity index (χ2v) is 16.3. The molecule has 0 aliphatic heterocycles. The van der Waals surface area contributed by atoms with Crippen LogP contribution in [0.25, 0.3) is 138 Å². The van der Waals surface area contributed by atoms with Crippen molar-refractivity contribution in [2.75, 3.05) is 0 Å². The van der Waals surface area contributed by atoms with Crippen LogP contribution in [-0.2, 0) is 0 Å². The molecule has 0 saturated carbocycles. The number of para-hydroxylation sites is 3. The van der Waals surface area contributed by atoms with E-state index in [9.17, 15) is 0 Å². The Labute approximate surface area is 358 Å². The van der Waals surface area contributed by atoms with Crippen molar-refractivity contribution in [3.8, 4) is 39.9 Å². The van der Waals surface area contributed by atoms with Crippen LogP contribution in [0.2, 0.25) is 0 Å². The van der Waals surface area contributed by atoms with Gasteiger partial charge < -0.3 is 13.4 Å². The molecule has 6 heteroatoms. The summed E-state index contributed by atoms with van der Waals surface area (Å²) in [5, 5.41) is 13.0. The van der Waals surface area contributed by atoms with Gasteiger partial charge in [0.1, 0.15) is 22.3 Å². The number of fused-ring (bicyclic) bond motifs is 13. The molecule has 0 N–H and O–H groups in total. The zero-order valence-corrected chi connectivity index (χ0v) is 33.6. The molecule has 0 amide bonds. The zero-order valence-electron chi connectivity index (χ0n) is 33.6. The molecule has 10 aromatic carbocycles. The van der Waals surface area contributed by atoms with Crippen molar-refractivity contribution in [3.05, 3.63) is 194 Å². The molecular weight excluding hydrogens is 773 g/mol. The Bertz CT molecular complexity index is 4230. The molecule has 0 bridgehead atoms. The molecule has 4 aromatic heterocycles. The van der Waals surface area contributed by atoms with Crippen LogP contribution in [0.3, 0.4) is 0 Å². The van der Waals surface area contributed by atoms with Gasteiger partial charge in [-0.3, -0.25) is 0 Å². The monoisotopic (exact) mass is 804 g/mol. The van der Waals surface area contributed by atoms with Gasteiger partial charge in [0.2, 0.25) is 0 Å². The maximum absolute atomic E-state index is 7.04. The van der Waals surface area contributed by atoms with E-state index in [1.807, 2.05) is 24.3 Å². The summed E-state index contributed by atoms with van der Waals surface area (Å²) in [6, 6.07) is 68.0. The third-order valence-electron chi connectivity index (χ3n) is 12.8. The maximum atomic E-state index is 7.04. The SMILES string of the molecule is c1ccc2cc3c(cc2c1)c1ccccc1n3-c1cc(-c2nc(-c3cccc4ccccc34)nc(-c3cccc4c3oc3ccccc34)n2)c2c(c1)oc1c3ccccc3ccc12. The van der Waals surface area contributed by atoms with Gasteiger partial charge in [0.15, 0.2) is 17.5 Å². The zero-order chi connectivity index (χ0) is 41.2. The quantitative estimate of drug-likeness (QED) is 0.177. The average Bonchev–Trinajstić information content (AvgIpc) is 4.02. The number of benzene rings is 10. The fourth-order valence-corrected chi connectivity index (χ4v) is 9.94. The Balaban J connectivity index is 1.13. The molecular formula is C57H32N4O2. The molecule has 0 saturated heterocycles. The van der Waals surface area contributed by atoms with Gasteiger partial charge in [0.25, 0.3) is 0 Å². The maximum Gasteiger partial charge on any atom is 0.167 e. The topological polar surface area (TPSA) is 69.9 Å². The Kier molecular flexibility index (Phi) is 7.02. The van der Waals surface area contributed by atoms with Crippen LogP contribution in [0.1, 0.15) is 0 Å². The van der Waals surface area contributed by atoms with Gasteiger partial charge in [-0.1, -0.05) is 146 Å². The predicted octanol–water partition coefficient (Wildman–Crippen LogP) is 15.2. The van der Waals surface area contributed by atoms with Crippen LogP contribution < -0.4 is 0 Å². The fraction of sp³-hybridized carbons (Fsp3) is 0. The minimum absolute atomic E-state index is 0.521. The average molecular weight is 805 g/mol. The minimum atomic E-state index is 0.521. The highest BCUT2D eigenvalue weighted by Crippen LogP contribution is 2.44. The van der Waals surface area contributed by atoms with E-state index in [1.54, 1.807) is 0 Å². The van der Waals surface area contributed by atoms with Gasteiger partial charge in [-0.2, -0.15) is 0 Å². The normalized spacial score (nSPS) is 12.1. The first-order valence-corrected chi connectivity index (χ1v) is 21.2. The lowest BCUT2D eigenvalue weighted by molar-refractivity contribution is 0.669. The molecule has 4 heterocycles. The molecule has 0 spiro atoms. The fourth-order valence-electron chi connectivity index (χ4n) is 9.94. The summed E-state index contributed by atoms with van der Waals surface area (Å²) in [6.07, 6.45) is 0. The van der Waals surface area contributed by atoms with Crippen molar-refractivity contribution < 1.29 is 8.83 Å². The molecule has 14 rings (SSSR count). The number of nitrogens with zero attached hydrogens (tertiary/aromatic N) is 4. The molecule has 63 heavy (non-hydrogen) atoms. The van der Waals surface area contributed by atoms with Crippen molar-refractivity contribution in [2.24, 2.45) is 0 Å². The van der Waals surface area contributed by atoms with E-state index in [4.69, 9.17) is 23.8 Å². The summed E-state index contributed by atoms with van der Waals surface area (Å²) in [4.78, 5) is 16.2. The summed E-state index contributed by atoms with van der Waals surface area (Å²) in [6.45, 7) is 0. The third kappa shape index (κ3) is 5.03. The number of furan rings is 2. The highest BCUT2D eigenvalue weighted by molar-refractivity contribution is 6.20. The largest absolute Gasteiger partial charge is 0.455 e. The standard InChI is InChI=1S/C57H32N4O2/c1-2-16-36-30-49-46(29-35(36)15-1)40-20-7-9-25-48(40)61(49)37-31-47(52-44-28-27-34-14-4-6-19-39(34)53(44)63-51(52)32-37)57-59-55(43-23-11-17-33-13-3-5-18-38(33)43)58-56(60-57)45-24-12-22-42-41-21-8-10-26-50(41)62-54(42)45/h1-32H. The Morgan fingerprint density at radius 1 is 0.317 bits per heavy atom. The van der Waals surface area contributed by atoms with Crippen LogP contribution in [-0.4, -0.2) is 19.5 Å². The summed E-state index contributed by atoms with van der Waals surface area (Å²) in [5.74, 6) is 1.62. The number of aromatic nitrogens is 4. The van der Waals surface area contributed by atoms with E-state index in [0.29, 0.717) is 17.5 Å². The first-order chi connectivity index (χ1) is 31.2. The number of rotatable bonds is 4. The molecule has 14 aromatic rings. The van der Waals surface area contributed by atoms with Crippen LogP contribution >= 0.6 is 0 Å². The second kappa shape index (κ2) is 12.9. The molecule has 0 radical (unpaired) electrons. The van der Waals surface area contributed by atoms with Crippen LogP contribution in [0.4, 0.5) is 0 Å². The summed E-state index contributed by atoms with van der Waals surface area (Å²) in [5.41, 5.74) is 8.80. The van der Waals surface area contributed by atoms with E-state index in [0.717, 1.165) is 98.8 Å². The molecule has 0 aliphatic carbocycles. The van der Waals surface area contributed by atoms with Crippen molar-refractivity contribution >= 4 is 98.0 Å². The first kappa shape index (κ1) is 34.1. The Hall–Kier alpha value is -8.61. The number of hydrogen-bond acceptors (Lipinski definition) is 5. The molecule has 6 nitrogen and oxygen atoms in total. The third-order valence-corrected chi connectivity index (χ3v) is 12.8. The van der Waals surface area contributed by atoms with Crippen molar-refractivity contribution in [3.63, 3.8) is 0 Å². The van der Waals surface area contributed by atoms with Crippen molar-refractivity contribution in [1.82, 2.24) is 19.5 Å². The lowest BCUT2D eigenvalue weighted by Gasteiger charge is -2.14. The van der Waals surface area contributed by atoms with E-state index in [1.165, 1.54) is 21.5 Å².